The number of amides is 3. The molecule has 0 bridgehead atoms. The van der Waals surface area contributed by atoms with Gasteiger partial charge in [-0.1, -0.05) is 48.5 Å². The van der Waals surface area contributed by atoms with E-state index in [-0.39, 0.29) is 30.2 Å². The molecule has 1 atom stereocenters. The van der Waals surface area contributed by atoms with E-state index in [1.54, 1.807) is 0 Å². The van der Waals surface area contributed by atoms with Crippen molar-refractivity contribution in [2.75, 3.05) is 11.9 Å². The summed E-state index contributed by atoms with van der Waals surface area (Å²) in [5.74, 6) is -0.739. The molecule has 1 saturated heterocycles. The van der Waals surface area contributed by atoms with Crippen molar-refractivity contribution in [3.05, 3.63) is 65.7 Å². The summed E-state index contributed by atoms with van der Waals surface area (Å²) >= 11 is 0. The van der Waals surface area contributed by atoms with Crippen LogP contribution in [0.5, 0.6) is 0 Å². The van der Waals surface area contributed by atoms with E-state index in [2.05, 4.69) is 10.4 Å². The average molecular weight is 434 g/mol. The minimum absolute atomic E-state index is 0.0997. The Hall–Kier alpha value is -3.52. The monoisotopic (exact) mass is 433 g/mol. The average Bonchev–Trinajstić information content (AvgIpc) is 3.26. The minimum Gasteiger partial charge on any atom is -0.368 e. The van der Waals surface area contributed by atoms with Crippen molar-refractivity contribution in [3.63, 3.8) is 0 Å². The maximum Gasteiger partial charge on any atom is 0.271 e. The van der Waals surface area contributed by atoms with Gasteiger partial charge in [-0.25, -0.2) is 5.01 Å². The van der Waals surface area contributed by atoms with E-state index in [4.69, 9.17) is 5.73 Å². The predicted octanol–water partition coefficient (Wildman–Crippen LogP) is 2.25. The van der Waals surface area contributed by atoms with Crippen LogP contribution in [0.1, 0.15) is 36.8 Å². The van der Waals surface area contributed by atoms with Crippen LogP contribution in [0.15, 0.2) is 59.7 Å². The summed E-state index contributed by atoms with van der Waals surface area (Å²) < 4.78 is 0. The molecular weight excluding hydrogens is 406 g/mol. The van der Waals surface area contributed by atoms with E-state index < -0.39 is 0 Å². The molecule has 32 heavy (non-hydrogen) atoms. The van der Waals surface area contributed by atoms with Crippen LogP contribution in [0, 0.1) is 0 Å². The van der Waals surface area contributed by atoms with Crippen LogP contribution in [0.4, 0.5) is 5.69 Å². The summed E-state index contributed by atoms with van der Waals surface area (Å²) in [5, 5.41) is 8.65. The molecule has 3 amide bonds. The maximum atomic E-state index is 13.0. The van der Waals surface area contributed by atoms with E-state index in [0.717, 1.165) is 30.5 Å². The molecule has 0 saturated carbocycles. The van der Waals surface area contributed by atoms with Crippen LogP contribution in [-0.2, 0) is 27.5 Å². The Labute approximate surface area is 187 Å². The Morgan fingerprint density at radius 3 is 2.56 bits per heavy atom. The molecule has 2 aliphatic heterocycles. The first kappa shape index (κ1) is 21.7. The predicted molar refractivity (Wildman–Crippen MR) is 121 cm³/mol. The van der Waals surface area contributed by atoms with Gasteiger partial charge >= 0.3 is 0 Å². The highest BCUT2D eigenvalue weighted by Gasteiger charge is 2.30. The van der Waals surface area contributed by atoms with Gasteiger partial charge in [-0.15, -0.1) is 0 Å². The Balaban J connectivity index is 1.47. The van der Waals surface area contributed by atoms with E-state index in [1.807, 2.05) is 59.5 Å². The molecule has 0 radical (unpaired) electrons. The van der Waals surface area contributed by atoms with Crippen LogP contribution in [0.2, 0.25) is 0 Å². The molecular formula is C24H27N5O3. The van der Waals surface area contributed by atoms with E-state index in [9.17, 15) is 14.4 Å². The lowest BCUT2D eigenvalue weighted by Gasteiger charge is -2.24. The highest BCUT2D eigenvalue weighted by molar-refractivity contribution is 6.43. The number of hydrogen-bond donors (Lipinski definition) is 2. The van der Waals surface area contributed by atoms with Crippen LogP contribution < -0.4 is 11.1 Å². The highest BCUT2D eigenvalue weighted by Crippen LogP contribution is 2.24. The fourth-order valence-electron chi connectivity index (χ4n) is 4.18. The number of hydrazone groups is 1. The third-order valence-electron chi connectivity index (χ3n) is 5.87. The SMILES string of the molecule is NC(=O)C1CCCN1Cc1ccccc1NC(=O)C1=NN(Cc2ccccc2)C(=O)CC1. The number of likely N-dealkylation sites (tertiary alicyclic amines) is 1. The van der Waals surface area contributed by atoms with Gasteiger partial charge in [0.05, 0.1) is 12.6 Å². The molecule has 0 aliphatic carbocycles. The number of hydrogen-bond acceptors (Lipinski definition) is 5. The lowest BCUT2D eigenvalue weighted by Crippen LogP contribution is -2.40. The van der Waals surface area contributed by atoms with Crippen LogP contribution in [-0.4, -0.2) is 45.9 Å². The first-order chi connectivity index (χ1) is 15.5. The van der Waals surface area contributed by atoms with Gasteiger partial charge in [0.25, 0.3) is 5.91 Å². The molecule has 2 aromatic rings. The smallest absolute Gasteiger partial charge is 0.271 e. The second kappa shape index (κ2) is 9.74. The molecule has 4 rings (SSSR count). The van der Waals surface area contributed by atoms with Gasteiger partial charge in [0.2, 0.25) is 11.8 Å². The third kappa shape index (κ3) is 5.03. The fraction of sp³-hybridized carbons (Fsp3) is 0.333. The Kier molecular flexibility index (Phi) is 6.61. The summed E-state index contributed by atoms with van der Waals surface area (Å²) in [6, 6.07) is 16.8. The summed E-state index contributed by atoms with van der Waals surface area (Å²) in [4.78, 5) is 39.0. The number of carbonyl (C=O) groups excluding carboxylic acids is 3. The van der Waals surface area contributed by atoms with Gasteiger partial charge in [0.1, 0.15) is 5.71 Å². The Bertz CT molecular complexity index is 1040. The summed E-state index contributed by atoms with van der Waals surface area (Å²) in [7, 11) is 0. The van der Waals surface area contributed by atoms with Crippen LogP contribution in [0.25, 0.3) is 0 Å². The Morgan fingerprint density at radius 1 is 1.03 bits per heavy atom. The number of primary amides is 1. The zero-order valence-electron chi connectivity index (χ0n) is 17.9. The van der Waals surface area contributed by atoms with Crippen LogP contribution in [0.3, 0.4) is 0 Å². The molecule has 3 N–H and O–H groups in total. The maximum absolute atomic E-state index is 13.0. The normalized spacial score (nSPS) is 19.0. The molecule has 1 fully saturated rings. The van der Waals surface area contributed by atoms with E-state index in [0.29, 0.717) is 30.9 Å². The molecule has 8 heteroatoms. The van der Waals surface area contributed by atoms with E-state index >= 15 is 0 Å². The van der Waals surface area contributed by atoms with Crippen molar-refractivity contribution in [1.29, 1.82) is 0 Å². The number of rotatable bonds is 7. The number of nitrogens with one attached hydrogen (secondary N) is 1. The number of anilines is 1. The lowest BCUT2D eigenvalue weighted by atomic mass is 10.1. The number of benzene rings is 2. The molecule has 0 aromatic heterocycles. The first-order valence-corrected chi connectivity index (χ1v) is 10.9. The minimum atomic E-state index is -0.323. The van der Waals surface area contributed by atoms with Crippen molar-refractivity contribution in [2.45, 2.75) is 44.8 Å². The lowest BCUT2D eigenvalue weighted by molar-refractivity contribution is -0.132. The summed E-state index contributed by atoms with van der Waals surface area (Å²) in [5.41, 5.74) is 8.39. The third-order valence-corrected chi connectivity index (χ3v) is 5.87. The first-order valence-electron chi connectivity index (χ1n) is 10.9. The molecule has 166 valence electrons. The van der Waals surface area contributed by atoms with Crippen molar-refractivity contribution in [2.24, 2.45) is 10.8 Å². The fourth-order valence-corrected chi connectivity index (χ4v) is 4.18. The second-order valence-corrected chi connectivity index (χ2v) is 8.13. The van der Waals surface area contributed by atoms with E-state index in [1.165, 1.54) is 5.01 Å². The number of nitrogens with two attached hydrogens (primary N) is 1. The van der Waals surface area contributed by atoms with Gasteiger partial charge in [0, 0.05) is 25.1 Å². The molecule has 2 aliphatic rings. The van der Waals surface area contributed by atoms with Gasteiger partial charge < -0.3 is 11.1 Å². The van der Waals surface area contributed by atoms with Crippen molar-refractivity contribution >= 4 is 29.1 Å². The topological polar surface area (TPSA) is 108 Å². The molecule has 2 aromatic carbocycles. The second-order valence-electron chi connectivity index (χ2n) is 8.13. The summed E-state index contributed by atoms with van der Waals surface area (Å²) in [6.07, 6.45) is 2.22. The largest absolute Gasteiger partial charge is 0.368 e. The molecule has 2 heterocycles. The number of para-hydroxylation sites is 1. The quantitative estimate of drug-likeness (QED) is 0.698. The summed E-state index contributed by atoms with van der Waals surface area (Å²) in [6.45, 7) is 1.64. The van der Waals surface area contributed by atoms with Crippen LogP contribution >= 0.6 is 0 Å². The van der Waals surface area contributed by atoms with Gasteiger partial charge in [-0.05, 0) is 36.6 Å². The Morgan fingerprint density at radius 2 is 1.78 bits per heavy atom. The molecule has 8 nitrogen and oxygen atoms in total. The zero-order chi connectivity index (χ0) is 22.5. The number of carbonyl (C=O) groups is 3. The van der Waals surface area contributed by atoms with Crippen molar-refractivity contribution in [1.82, 2.24) is 9.91 Å². The van der Waals surface area contributed by atoms with Gasteiger partial charge in [-0.2, -0.15) is 5.10 Å². The molecule has 1 unspecified atom stereocenters. The molecule has 0 spiro atoms. The highest BCUT2D eigenvalue weighted by atomic mass is 16.2. The van der Waals surface area contributed by atoms with Gasteiger partial charge in [-0.3, -0.25) is 19.3 Å². The zero-order valence-corrected chi connectivity index (χ0v) is 17.9. The van der Waals surface area contributed by atoms with Crippen molar-refractivity contribution < 1.29 is 14.4 Å². The van der Waals surface area contributed by atoms with Crippen molar-refractivity contribution in [3.8, 4) is 0 Å². The standard InChI is InChI=1S/C24H27N5O3/c25-23(31)21-11-6-14-28(21)16-18-9-4-5-10-19(18)26-24(32)20-12-13-22(30)29(27-20)15-17-7-2-1-3-8-17/h1-5,7-10,21H,6,11-16H2,(H2,25,31)(H,26,32). The number of nitrogens with zero attached hydrogens (tertiary/aromatic N) is 3. The van der Waals surface area contributed by atoms with Gasteiger partial charge in [0.15, 0.2) is 0 Å².